The molecule has 0 heterocycles. The van der Waals surface area contributed by atoms with Gasteiger partial charge in [-0.3, -0.25) is 0 Å². The molecule has 0 aliphatic carbocycles. The Kier molecular flexibility index (Phi) is 4.01. The molecule has 0 fully saturated rings. The minimum atomic E-state index is -0.590. The second-order valence-corrected chi connectivity index (χ2v) is 3.61. The van der Waals surface area contributed by atoms with Gasteiger partial charge < -0.3 is 4.74 Å². The van der Waals surface area contributed by atoms with Gasteiger partial charge in [-0.2, -0.15) is 5.26 Å². The second kappa shape index (κ2) is 5.06. The highest BCUT2D eigenvalue weighted by Gasteiger charge is 2.17. The third-order valence-electron chi connectivity index (χ3n) is 1.68. The smallest absolute Gasteiger partial charge is 0.341 e. The summed E-state index contributed by atoms with van der Waals surface area (Å²) < 4.78 is 4.79. The quantitative estimate of drug-likeness (QED) is 0.640. The maximum Gasteiger partial charge on any atom is 0.341 e. The summed E-state index contributed by atoms with van der Waals surface area (Å²) in [6, 6.07) is 4.85. The molecule has 15 heavy (non-hydrogen) atoms. The molecule has 1 rings (SSSR count). The number of esters is 1. The lowest BCUT2D eigenvalue weighted by molar-refractivity contribution is 0.0526. The van der Waals surface area contributed by atoms with Crippen LogP contribution in [0.5, 0.6) is 0 Å². The molecule has 0 atom stereocenters. The summed E-state index contributed by atoms with van der Waals surface area (Å²) in [5.74, 6) is -0.590. The molecule has 3 nitrogen and oxygen atoms in total. The van der Waals surface area contributed by atoms with Crippen molar-refractivity contribution >= 4 is 30.2 Å². The Labute approximate surface area is 98.0 Å². The molecular formula is C10H8ClNO2S. The van der Waals surface area contributed by atoms with Crippen molar-refractivity contribution in [3.05, 3.63) is 28.3 Å². The van der Waals surface area contributed by atoms with Crippen LogP contribution in [0.3, 0.4) is 0 Å². The van der Waals surface area contributed by atoms with Crippen LogP contribution in [0.2, 0.25) is 5.02 Å². The van der Waals surface area contributed by atoms with Crippen molar-refractivity contribution in [2.45, 2.75) is 11.8 Å². The first-order valence-corrected chi connectivity index (χ1v) is 5.02. The molecule has 0 saturated heterocycles. The molecule has 1 aromatic rings. The summed E-state index contributed by atoms with van der Waals surface area (Å²) in [7, 11) is 0. The number of halogens is 1. The first kappa shape index (κ1) is 11.9. The summed E-state index contributed by atoms with van der Waals surface area (Å²) in [4.78, 5) is 12.0. The van der Waals surface area contributed by atoms with E-state index in [0.29, 0.717) is 4.90 Å². The van der Waals surface area contributed by atoms with Gasteiger partial charge in [-0.25, -0.2) is 4.79 Å². The van der Waals surface area contributed by atoms with Crippen LogP contribution in [0.4, 0.5) is 0 Å². The van der Waals surface area contributed by atoms with E-state index < -0.39 is 5.97 Å². The Morgan fingerprint density at radius 3 is 2.87 bits per heavy atom. The highest BCUT2D eigenvalue weighted by atomic mass is 35.5. The van der Waals surface area contributed by atoms with Gasteiger partial charge in [-0.15, -0.1) is 12.6 Å². The molecule has 1 aromatic carbocycles. The number of carbonyl (C=O) groups excluding carboxylic acids is 1. The number of nitrogens with zero attached hydrogens (tertiary/aromatic N) is 1. The predicted octanol–water partition coefficient (Wildman–Crippen LogP) is 2.68. The van der Waals surface area contributed by atoms with E-state index in [1.807, 2.05) is 6.07 Å². The van der Waals surface area contributed by atoms with Crippen molar-refractivity contribution in [3.63, 3.8) is 0 Å². The van der Waals surface area contributed by atoms with Crippen LogP contribution in [-0.2, 0) is 4.74 Å². The summed E-state index contributed by atoms with van der Waals surface area (Å²) in [5, 5.41) is 9.01. The number of carbonyl (C=O) groups is 1. The molecule has 0 aliphatic rings. The Bertz CT molecular complexity index is 440. The van der Waals surface area contributed by atoms with E-state index in [0.717, 1.165) is 0 Å². The standard InChI is InChI=1S/C10H8ClNO2S/c1-2-14-10(13)9-6(5-12)3-7(15)4-8(9)11/h3-4,15H,2H2,1H3. The summed E-state index contributed by atoms with van der Waals surface area (Å²) >= 11 is 9.90. The molecule has 0 unspecified atom stereocenters. The molecule has 0 aromatic heterocycles. The molecule has 78 valence electrons. The lowest BCUT2D eigenvalue weighted by Gasteiger charge is -2.06. The van der Waals surface area contributed by atoms with Crippen molar-refractivity contribution in [2.24, 2.45) is 0 Å². The van der Waals surface area contributed by atoms with Crippen LogP contribution >= 0.6 is 24.2 Å². The van der Waals surface area contributed by atoms with Crippen LogP contribution in [0.15, 0.2) is 17.0 Å². The predicted molar refractivity (Wildman–Crippen MR) is 59.4 cm³/mol. The maximum absolute atomic E-state index is 11.5. The average molecular weight is 242 g/mol. The molecular weight excluding hydrogens is 234 g/mol. The van der Waals surface area contributed by atoms with E-state index in [1.54, 1.807) is 6.92 Å². The molecule has 0 amide bonds. The van der Waals surface area contributed by atoms with E-state index >= 15 is 0 Å². The van der Waals surface area contributed by atoms with Crippen LogP contribution in [-0.4, -0.2) is 12.6 Å². The minimum absolute atomic E-state index is 0.0961. The number of rotatable bonds is 2. The zero-order valence-corrected chi connectivity index (χ0v) is 9.60. The Hall–Kier alpha value is -1.18. The number of benzene rings is 1. The van der Waals surface area contributed by atoms with E-state index in [1.165, 1.54) is 12.1 Å². The average Bonchev–Trinajstić information content (AvgIpc) is 2.16. The molecule has 0 saturated carbocycles. The first-order valence-electron chi connectivity index (χ1n) is 4.19. The van der Waals surface area contributed by atoms with E-state index in [2.05, 4.69) is 12.6 Å². The van der Waals surface area contributed by atoms with Gasteiger partial charge in [0.25, 0.3) is 0 Å². The molecule has 0 aliphatic heterocycles. The van der Waals surface area contributed by atoms with Crippen LogP contribution in [0.1, 0.15) is 22.8 Å². The fourth-order valence-electron chi connectivity index (χ4n) is 1.09. The molecule has 0 N–H and O–H groups in total. The fraction of sp³-hybridized carbons (Fsp3) is 0.200. The summed E-state index contributed by atoms with van der Waals surface area (Å²) in [5.41, 5.74) is 0.268. The van der Waals surface area contributed by atoms with E-state index in [4.69, 9.17) is 21.6 Å². The molecule has 0 bridgehead atoms. The first-order chi connectivity index (χ1) is 7.10. The van der Waals surface area contributed by atoms with Gasteiger partial charge in [-0.1, -0.05) is 11.6 Å². The lowest BCUT2D eigenvalue weighted by atomic mass is 10.1. The van der Waals surface area contributed by atoms with Crippen LogP contribution < -0.4 is 0 Å². The Balaban J connectivity index is 3.28. The fourth-order valence-corrected chi connectivity index (χ4v) is 1.72. The van der Waals surface area contributed by atoms with Gasteiger partial charge in [0.15, 0.2) is 0 Å². The lowest BCUT2D eigenvalue weighted by Crippen LogP contribution is -2.08. The Morgan fingerprint density at radius 2 is 2.33 bits per heavy atom. The highest BCUT2D eigenvalue weighted by molar-refractivity contribution is 7.80. The molecule has 0 radical (unpaired) electrons. The number of nitriles is 1. The largest absolute Gasteiger partial charge is 0.462 e. The van der Waals surface area contributed by atoms with Gasteiger partial charge in [0, 0.05) is 4.90 Å². The zero-order valence-electron chi connectivity index (χ0n) is 7.95. The van der Waals surface area contributed by atoms with E-state index in [9.17, 15) is 4.79 Å². The number of ether oxygens (including phenoxy) is 1. The second-order valence-electron chi connectivity index (χ2n) is 2.68. The topological polar surface area (TPSA) is 50.1 Å². The minimum Gasteiger partial charge on any atom is -0.462 e. The van der Waals surface area contributed by atoms with Crippen molar-refractivity contribution in [1.29, 1.82) is 5.26 Å². The van der Waals surface area contributed by atoms with Crippen molar-refractivity contribution < 1.29 is 9.53 Å². The maximum atomic E-state index is 11.5. The summed E-state index contributed by atoms with van der Waals surface area (Å²) in [6.07, 6.45) is 0. The van der Waals surface area contributed by atoms with Crippen molar-refractivity contribution in [1.82, 2.24) is 0 Å². The highest BCUT2D eigenvalue weighted by Crippen LogP contribution is 2.24. The van der Waals surface area contributed by atoms with Crippen LogP contribution in [0.25, 0.3) is 0 Å². The summed E-state index contributed by atoms with van der Waals surface area (Å²) in [6.45, 7) is 1.92. The third kappa shape index (κ3) is 2.65. The SMILES string of the molecule is CCOC(=O)c1c(Cl)cc(S)cc1C#N. The van der Waals surface area contributed by atoms with E-state index in [-0.39, 0.29) is 22.8 Å². The Morgan fingerprint density at radius 1 is 1.67 bits per heavy atom. The molecule has 0 spiro atoms. The monoisotopic (exact) mass is 241 g/mol. The van der Waals surface area contributed by atoms with Gasteiger partial charge in [0.2, 0.25) is 0 Å². The zero-order chi connectivity index (χ0) is 11.4. The van der Waals surface area contributed by atoms with Gasteiger partial charge >= 0.3 is 5.97 Å². The van der Waals surface area contributed by atoms with Crippen LogP contribution in [0, 0.1) is 11.3 Å². The number of thiol groups is 1. The van der Waals surface area contributed by atoms with Crippen molar-refractivity contribution in [3.8, 4) is 6.07 Å². The van der Waals surface area contributed by atoms with Gasteiger partial charge in [-0.05, 0) is 19.1 Å². The number of hydrogen-bond acceptors (Lipinski definition) is 4. The van der Waals surface area contributed by atoms with Gasteiger partial charge in [0.1, 0.15) is 6.07 Å². The van der Waals surface area contributed by atoms with Crippen molar-refractivity contribution in [2.75, 3.05) is 6.61 Å². The number of hydrogen-bond donors (Lipinski definition) is 1. The normalized spacial score (nSPS) is 9.47. The molecule has 5 heteroatoms. The third-order valence-corrected chi connectivity index (χ3v) is 2.23. The van der Waals surface area contributed by atoms with Gasteiger partial charge in [0.05, 0.1) is 22.8 Å².